The predicted molar refractivity (Wildman–Crippen MR) is 108 cm³/mol. The highest BCUT2D eigenvalue weighted by Crippen LogP contribution is 2.22. The van der Waals surface area contributed by atoms with Crippen molar-refractivity contribution in [3.05, 3.63) is 53.6 Å². The summed E-state index contributed by atoms with van der Waals surface area (Å²) in [5.41, 5.74) is 3.54. The molecule has 0 saturated carbocycles. The molecule has 1 aliphatic rings. The minimum absolute atomic E-state index is 0.0441. The molecule has 144 valence electrons. The van der Waals surface area contributed by atoms with Crippen LogP contribution in [0.25, 0.3) is 0 Å². The summed E-state index contributed by atoms with van der Waals surface area (Å²) < 4.78 is 11.1. The van der Waals surface area contributed by atoms with E-state index in [0.717, 1.165) is 30.3 Å². The zero-order chi connectivity index (χ0) is 19.4. The van der Waals surface area contributed by atoms with E-state index in [2.05, 4.69) is 24.0 Å². The Morgan fingerprint density at radius 2 is 1.56 bits per heavy atom. The van der Waals surface area contributed by atoms with Gasteiger partial charge in [-0.15, -0.1) is 0 Å². The number of carbonyl (C=O) groups is 1. The van der Waals surface area contributed by atoms with Crippen LogP contribution in [-0.4, -0.2) is 50.2 Å². The number of carbonyl (C=O) groups excluding carboxylic acids is 1. The third-order valence-electron chi connectivity index (χ3n) is 5.17. The lowest BCUT2D eigenvalue weighted by atomic mass is 10.1. The number of ether oxygens (including phenoxy) is 2. The van der Waals surface area contributed by atoms with Crippen LogP contribution in [0.3, 0.4) is 0 Å². The normalized spacial score (nSPS) is 15.4. The fourth-order valence-electron chi connectivity index (χ4n) is 3.28. The summed E-state index contributed by atoms with van der Waals surface area (Å²) in [7, 11) is 1.67. The van der Waals surface area contributed by atoms with E-state index >= 15 is 0 Å². The van der Waals surface area contributed by atoms with Crippen molar-refractivity contribution in [2.45, 2.75) is 26.9 Å². The second-order valence-electron chi connectivity index (χ2n) is 7.02. The van der Waals surface area contributed by atoms with E-state index < -0.39 is 6.10 Å². The predicted octanol–water partition coefficient (Wildman–Crippen LogP) is 3.43. The van der Waals surface area contributed by atoms with E-state index in [1.165, 1.54) is 11.1 Å². The molecule has 1 saturated heterocycles. The van der Waals surface area contributed by atoms with Gasteiger partial charge in [0.1, 0.15) is 11.5 Å². The molecule has 0 spiro atoms. The Hall–Kier alpha value is -2.69. The molecule has 0 unspecified atom stereocenters. The Morgan fingerprint density at radius 1 is 0.926 bits per heavy atom. The van der Waals surface area contributed by atoms with Gasteiger partial charge in [0.05, 0.1) is 7.11 Å². The van der Waals surface area contributed by atoms with Crippen LogP contribution in [-0.2, 0) is 4.79 Å². The van der Waals surface area contributed by atoms with E-state index in [1.54, 1.807) is 7.11 Å². The molecule has 1 atom stereocenters. The zero-order valence-corrected chi connectivity index (χ0v) is 16.6. The molecule has 0 N–H and O–H groups in total. The molecule has 1 aliphatic heterocycles. The largest absolute Gasteiger partial charge is 0.497 e. The van der Waals surface area contributed by atoms with Gasteiger partial charge < -0.3 is 19.3 Å². The first-order valence-electron chi connectivity index (χ1n) is 9.39. The number of hydrogen-bond acceptors (Lipinski definition) is 4. The number of piperazine rings is 1. The molecule has 2 aromatic carbocycles. The first kappa shape index (κ1) is 19.1. The first-order chi connectivity index (χ1) is 13.0. The van der Waals surface area contributed by atoms with Crippen LogP contribution >= 0.6 is 0 Å². The quantitative estimate of drug-likeness (QED) is 0.811. The highest BCUT2D eigenvalue weighted by Gasteiger charge is 2.26. The molecule has 5 nitrogen and oxygen atoms in total. The molecule has 0 bridgehead atoms. The lowest BCUT2D eigenvalue weighted by Gasteiger charge is -2.37. The van der Waals surface area contributed by atoms with Crippen molar-refractivity contribution in [3.8, 4) is 11.5 Å². The minimum atomic E-state index is -0.486. The van der Waals surface area contributed by atoms with E-state index in [-0.39, 0.29) is 5.91 Å². The maximum Gasteiger partial charge on any atom is 0.263 e. The Balaban J connectivity index is 1.54. The van der Waals surface area contributed by atoms with E-state index in [1.807, 2.05) is 49.1 Å². The van der Waals surface area contributed by atoms with E-state index in [0.29, 0.717) is 13.1 Å². The second-order valence-corrected chi connectivity index (χ2v) is 7.02. The van der Waals surface area contributed by atoms with Crippen molar-refractivity contribution in [2.75, 3.05) is 38.2 Å². The molecule has 5 heteroatoms. The highest BCUT2D eigenvalue weighted by atomic mass is 16.5. The summed E-state index contributed by atoms with van der Waals surface area (Å²) in [6.07, 6.45) is -0.486. The number of amides is 1. The molecule has 3 rings (SSSR count). The molecule has 0 aromatic heterocycles. The fraction of sp³-hybridized carbons (Fsp3) is 0.409. The van der Waals surface area contributed by atoms with Crippen LogP contribution in [0.5, 0.6) is 11.5 Å². The Kier molecular flexibility index (Phi) is 5.89. The Labute approximate surface area is 161 Å². The minimum Gasteiger partial charge on any atom is -0.497 e. The van der Waals surface area contributed by atoms with Gasteiger partial charge in [-0.1, -0.05) is 6.07 Å². The van der Waals surface area contributed by atoms with Gasteiger partial charge in [0.2, 0.25) is 0 Å². The molecule has 0 radical (unpaired) electrons. The van der Waals surface area contributed by atoms with Crippen LogP contribution in [0.1, 0.15) is 18.1 Å². The van der Waals surface area contributed by atoms with Crippen LogP contribution < -0.4 is 14.4 Å². The van der Waals surface area contributed by atoms with Gasteiger partial charge in [-0.3, -0.25) is 4.79 Å². The van der Waals surface area contributed by atoms with Gasteiger partial charge in [-0.05, 0) is 68.3 Å². The molecular formula is C22H28N2O3. The standard InChI is InChI=1S/C22H28N2O3/c1-16-5-8-21(15-17(16)2)27-18(3)22(25)24-13-11-23(12-14-24)19-6-9-20(26-4)10-7-19/h5-10,15,18H,11-14H2,1-4H3/t18-/m1/s1. The van der Waals surface area contributed by atoms with Crippen LogP contribution in [0.4, 0.5) is 5.69 Å². The van der Waals surface area contributed by atoms with Crippen LogP contribution in [0.2, 0.25) is 0 Å². The SMILES string of the molecule is COc1ccc(N2CCN(C(=O)[C@@H](C)Oc3ccc(C)c(C)c3)CC2)cc1. The average molecular weight is 368 g/mol. The number of rotatable bonds is 5. The third-order valence-corrected chi connectivity index (χ3v) is 5.17. The van der Waals surface area contributed by atoms with Crippen molar-refractivity contribution in [1.29, 1.82) is 0 Å². The molecule has 0 aliphatic carbocycles. The lowest BCUT2D eigenvalue weighted by Crippen LogP contribution is -2.52. The number of anilines is 1. The monoisotopic (exact) mass is 368 g/mol. The van der Waals surface area contributed by atoms with E-state index in [9.17, 15) is 4.79 Å². The lowest BCUT2D eigenvalue weighted by molar-refractivity contribution is -0.138. The van der Waals surface area contributed by atoms with Crippen molar-refractivity contribution < 1.29 is 14.3 Å². The first-order valence-corrected chi connectivity index (χ1v) is 9.39. The number of benzene rings is 2. The summed E-state index contributed by atoms with van der Waals surface area (Å²) in [6.45, 7) is 8.97. The van der Waals surface area contributed by atoms with Crippen molar-refractivity contribution in [2.24, 2.45) is 0 Å². The number of nitrogens with zero attached hydrogens (tertiary/aromatic N) is 2. The molecule has 1 amide bonds. The van der Waals surface area contributed by atoms with Crippen molar-refractivity contribution >= 4 is 11.6 Å². The Bertz CT molecular complexity index is 781. The summed E-state index contributed by atoms with van der Waals surface area (Å²) in [5, 5.41) is 0. The average Bonchev–Trinajstić information content (AvgIpc) is 2.70. The summed E-state index contributed by atoms with van der Waals surface area (Å²) >= 11 is 0. The van der Waals surface area contributed by atoms with Crippen molar-refractivity contribution in [3.63, 3.8) is 0 Å². The molecule has 1 fully saturated rings. The number of hydrogen-bond donors (Lipinski definition) is 0. The Morgan fingerprint density at radius 3 is 2.15 bits per heavy atom. The molecular weight excluding hydrogens is 340 g/mol. The molecule has 2 aromatic rings. The van der Waals surface area contributed by atoms with Crippen LogP contribution in [0.15, 0.2) is 42.5 Å². The van der Waals surface area contributed by atoms with Gasteiger partial charge >= 0.3 is 0 Å². The fourth-order valence-corrected chi connectivity index (χ4v) is 3.28. The van der Waals surface area contributed by atoms with Gasteiger partial charge in [0.25, 0.3) is 5.91 Å². The maximum absolute atomic E-state index is 12.7. The summed E-state index contributed by atoms with van der Waals surface area (Å²) in [4.78, 5) is 16.9. The van der Waals surface area contributed by atoms with Gasteiger partial charge in [0.15, 0.2) is 6.10 Å². The van der Waals surface area contributed by atoms with Gasteiger partial charge in [-0.25, -0.2) is 0 Å². The topological polar surface area (TPSA) is 42.0 Å². The zero-order valence-electron chi connectivity index (χ0n) is 16.6. The van der Waals surface area contributed by atoms with E-state index in [4.69, 9.17) is 9.47 Å². The number of methoxy groups -OCH3 is 1. The number of aryl methyl sites for hydroxylation is 2. The smallest absolute Gasteiger partial charge is 0.263 e. The molecule has 1 heterocycles. The third kappa shape index (κ3) is 4.54. The summed E-state index contributed by atoms with van der Waals surface area (Å²) in [5.74, 6) is 1.64. The molecule has 27 heavy (non-hydrogen) atoms. The van der Waals surface area contributed by atoms with Crippen molar-refractivity contribution in [1.82, 2.24) is 4.90 Å². The maximum atomic E-state index is 12.7. The van der Waals surface area contributed by atoms with Gasteiger partial charge in [-0.2, -0.15) is 0 Å². The highest BCUT2D eigenvalue weighted by molar-refractivity contribution is 5.81. The second kappa shape index (κ2) is 8.33. The van der Waals surface area contributed by atoms with Gasteiger partial charge in [0, 0.05) is 31.9 Å². The van der Waals surface area contributed by atoms with Crippen LogP contribution in [0, 0.1) is 13.8 Å². The summed E-state index contributed by atoms with van der Waals surface area (Å²) in [6, 6.07) is 14.0.